The molecule has 1 aliphatic carbocycles. The Hall–Kier alpha value is -2.97. The van der Waals surface area contributed by atoms with Crippen molar-refractivity contribution in [3.8, 4) is 0 Å². The lowest BCUT2D eigenvalue weighted by Gasteiger charge is -2.42. The summed E-state index contributed by atoms with van der Waals surface area (Å²) >= 11 is 0. The van der Waals surface area contributed by atoms with E-state index in [2.05, 4.69) is 13.2 Å². The first kappa shape index (κ1) is 30.5. The minimum absolute atomic E-state index is 0.0557. The lowest BCUT2D eigenvalue weighted by atomic mass is 9.66. The van der Waals surface area contributed by atoms with E-state index in [9.17, 15) is 19.5 Å². The molecule has 1 aromatic carbocycles. The Bertz CT molecular complexity index is 1180. The van der Waals surface area contributed by atoms with Crippen molar-refractivity contribution in [3.63, 3.8) is 0 Å². The summed E-state index contributed by atoms with van der Waals surface area (Å²) in [4.78, 5) is 49.2. The van der Waals surface area contributed by atoms with Gasteiger partial charge in [0.15, 0.2) is 0 Å². The normalized spacial score (nSPS) is 31.1. The van der Waals surface area contributed by atoms with Crippen molar-refractivity contribution in [2.24, 2.45) is 11.8 Å². The first-order chi connectivity index (χ1) is 20.3. The summed E-state index contributed by atoms with van der Waals surface area (Å²) < 4.78 is 6.90. The molecule has 2 bridgehead atoms. The van der Waals surface area contributed by atoms with Gasteiger partial charge in [-0.25, -0.2) is 0 Å². The molecule has 3 heterocycles. The average Bonchev–Trinajstić information content (AvgIpc) is 3.57. The van der Waals surface area contributed by atoms with Crippen molar-refractivity contribution < 1.29 is 24.2 Å². The number of fused-ring (bicyclic) bond motifs is 1. The number of likely N-dealkylation sites (tertiary alicyclic amines) is 1. The second kappa shape index (κ2) is 12.3. The number of benzene rings is 1. The summed E-state index contributed by atoms with van der Waals surface area (Å²) in [7, 11) is 0. The molecule has 0 radical (unpaired) electrons. The first-order valence-electron chi connectivity index (χ1n) is 15.8. The van der Waals surface area contributed by atoms with Gasteiger partial charge in [0, 0.05) is 25.7 Å². The largest absolute Gasteiger partial charge is 0.394 e. The van der Waals surface area contributed by atoms with Crippen LogP contribution in [0.1, 0.15) is 76.8 Å². The highest BCUT2D eigenvalue weighted by Crippen LogP contribution is 2.64. The van der Waals surface area contributed by atoms with Crippen molar-refractivity contribution in [3.05, 3.63) is 61.2 Å². The highest BCUT2D eigenvalue weighted by Gasteiger charge is 2.79. The van der Waals surface area contributed by atoms with Crippen LogP contribution in [0.2, 0.25) is 0 Å². The number of hydrogen-bond donors (Lipinski definition) is 1. The lowest BCUT2D eigenvalue weighted by Crippen LogP contribution is -2.59. The standard InChI is InChI=1S/C34H47N3O5/c1-5-20-35(21-6-2)30(39)27-28-31(40)37(26(23-38)24-14-10-8-11-15-24)29(34(28)19-18-33(27,4)42-34)32(41)36(22-7-3)25-16-12-9-13-17-25/h5,7-8,10-11,14-15,25-29,38H,1,3,6,9,12-13,16-23H2,2,4H3/t26-,27+,28+,29?,33-,34?/m1/s1. The summed E-state index contributed by atoms with van der Waals surface area (Å²) in [6.07, 6.45) is 10.4. The van der Waals surface area contributed by atoms with Crippen LogP contribution in [0, 0.1) is 11.8 Å². The Balaban J connectivity index is 1.63. The Labute approximate surface area is 250 Å². The number of hydrogen-bond acceptors (Lipinski definition) is 5. The van der Waals surface area contributed by atoms with Crippen LogP contribution in [-0.2, 0) is 19.1 Å². The van der Waals surface area contributed by atoms with E-state index >= 15 is 0 Å². The van der Waals surface area contributed by atoms with E-state index < -0.39 is 35.1 Å². The van der Waals surface area contributed by atoms with Crippen molar-refractivity contribution in [1.82, 2.24) is 14.7 Å². The molecule has 3 aliphatic heterocycles. The highest BCUT2D eigenvalue weighted by atomic mass is 16.5. The minimum Gasteiger partial charge on any atom is -0.394 e. The molecular weight excluding hydrogens is 530 g/mol. The fourth-order valence-corrected chi connectivity index (χ4v) is 8.41. The Kier molecular flexibility index (Phi) is 8.95. The van der Waals surface area contributed by atoms with Crippen LogP contribution < -0.4 is 0 Å². The molecule has 3 amide bonds. The van der Waals surface area contributed by atoms with Crippen molar-refractivity contribution in [2.75, 3.05) is 26.2 Å². The number of carbonyl (C=O) groups is 3. The number of carbonyl (C=O) groups excluding carboxylic acids is 3. The monoisotopic (exact) mass is 577 g/mol. The van der Waals surface area contributed by atoms with Gasteiger partial charge >= 0.3 is 0 Å². The summed E-state index contributed by atoms with van der Waals surface area (Å²) in [6, 6.07) is 7.74. The third-order valence-electron chi connectivity index (χ3n) is 10.2. The average molecular weight is 578 g/mol. The Morgan fingerprint density at radius 1 is 1.10 bits per heavy atom. The zero-order chi connectivity index (χ0) is 30.1. The van der Waals surface area contributed by atoms with Gasteiger partial charge in [0.1, 0.15) is 11.6 Å². The summed E-state index contributed by atoms with van der Waals surface area (Å²) in [6.45, 7) is 12.7. The van der Waals surface area contributed by atoms with E-state index in [1.54, 1.807) is 22.0 Å². The van der Waals surface area contributed by atoms with E-state index in [0.717, 1.165) is 44.1 Å². The first-order valence-corrected chi connectivity index (χ1v) is 15.8. The maximum absolute atomic E-state index is 14.9. The molecule has 228 valence electrons. The number of nitrogens with zero attached hydrogens (tertiary/aromatic N) is 3. The zero-order valence-electron chi connectivity index (χ0n) is 25.2. The van der Waals surface area contributed by atoms with E-state index in [4.69, 9.17) is 4.74 Å². The molecule has 8 nitrogen and oxygen atoms in total. The van der Waals surface area contributed by atoms with Gasteiger partial charge in [-0.3, -0.25) is 14.4 Å². The molecule has 5 rings (SSSR count). The molecule has 3 saturated heterocycles. The molecule has 4 fully saturated rings. The van der Waals surface area contributed by atoms with Gasteiger partial charge in [0.05, 0.1) is 30.1 Å². The topological polar surface area (TPSA) is 90.4 Å². The molecule has 4 aliphatic rings. The van der Waals surface area contributed by atoms with Gasteiger partial charge in [-0.15, -0.1) is 13.2 Å². The molecule has 1 spiro atoms. The third kappa shape index (κ3) is 4.90. The number of aliphatic hydroxyl groups is 1. The summed E-state index contributed by atoms with van der Waals surface area (Å²) in [5.74, 6) is -2.10. The molecule has 42 heavy (non-hydrogen) atoms. The Morgan fingerprint density at radius 3 is 2.40 bits per heavy atom. The number of rotatable bonds is 12. The zero-order valence-corrected chi connectivity index (χ0v) is 25.2. The third-order valence-corrected chi connectivity index (χ3v) is 10.2. The number of aliphatic hydroxyl groups excluding tert-OH is 1. The van der Waals surface area contributed by atoms with E-state index in [1.165, 1.54) is 0 Å². The fraction of sp³-hybridized carbons (Fsp3) is 0.618. The van der Waals surface area contributed by atoms with Gasteiger partial charge in [-0.1, -0.05) is 68.7 Å². The van der Waals surface area contributed by atoms with Gasteiger partial charge in [0.25, 0.3) is 0 Å². The van der Waals surface area contributed by atoms with E-state index in [1.807, 2.05) is 49.1 Å². The maximum Gasteiger partial charge on any atom is 0.248 e. The van der Waals surface area contributed by atoms with Crippen molar-refractivity contribution >= 4 is 17.7 Å². The SMILES string of the molecule is C=CCN(CCC)C(=O)[C@@H]1[C@H]2C(=O)N([C@H](CO)c3ccccc3)C(C(=O)N(CC=C)C3CCCCC3)C23CC[C@@]1(C)O3. The summed E-state index contributed by atoms with van der Waals surface area (Å²) in [5, 5.41) is 10.8. The van der Waals surface area contributed by atoms with Gasteiger partial charge < -0.3 is 24.5 Å². The molecule has 8 heteroatoms. The van der Waals surface area contributed by atoms with Gasteiger partial charge in [0.2, 0.25) is 17.7 Å². The smallest absolute Gasteiger partial charge is 0.248 e. The van der Waals surface area contributed by atoms with Crippen molar-refractivity contribution in [2.45, 2.75) is 94.5 Å². The van der Waals surface area contributed by atoms with Crippen LogP contribution in [0.25, 0.3) is 0 Å². The maximum atomic E-state index is 14.9. The fourth-order valence-electron chi connectivity index (χ4n) is 8.41. The quantitative estimate of drug-likeness (QED) is 0.375. The van der Waals surface area contributed by atoms with E-state index in [-0.39, 0.29) is 30.4 Å². The van der Waals surface area contributed by atoms with Crippen molar-refractivity contribution in [1.29, 1.82) is 0 Å². The molecule has 1 N–H and O–H groups in total. The van der Waals surface area contributed by atoms with Crippen LogP contribution in [0.3, 0.4) is 0 Å². The van der Waals surface area contributed by atoms with Crippen LogP contribution in [0.4, 0.5) is 0 Å². The Morgan fingerprint density at radius 2 is 1.79 bits per heavy atom. The molecule has 2 unspecified atom stereocenters. The second-order valence-electron chi connectivity index (χ2n) is 12.7. The minimum atomic E-state index is -1.15. The predicted molar refractivity (Wildman–Crippen MR) is 161 cm³/mol. The number of ether oxygens (including phenoxy) is 1. The van der Waals surface area contributed by atoms with Crippen LogP contribution >= 0.6 is 0 Å². The molecule has 0 aromatic heterocycles. The molecule has 1 aromatic rings. The van der Waals surface area contributed by atoms with Crippen LogP contribution in [-0.4, -0.2) is 87.1 Å². The van der Waals surface area contributed by atoms with E-state index in [0.29, 0.717) is 32.5 Å². The molecular formula is C34H47N3O5. The van der Waals surface area contributed by atoms with Crippen LogP contribution in [0.15, 0.2) is 55.6 Å². The van der Waals surface area contributed by atoms with Gasteiger partial charge in [-0.2, -0.15) is 0 Å². The number of amides is 3. The predicted octanol–water partition coefficient (Wildman–Crippen LogP) is 4.26. The molecule has 1 saturated carbocycles. The van der Waals surface area contributed by atoms with Crippen LogP contribution in [0.5, 0.6) is 0 Å². The molecule has 6 atom stereocenters. The van der Waals surface area contributed by atoms with Gasteiger partial charge in [-0.05, 0) is 44.6 Å². The second-order valence-corrected chi connectivity index (χ2v) is 12.7. The summed E-state index contributed by atoms with van der Waals surface area (Å²) in [5.41, 5.74) is -1.26. The lowest BCUT2D eigenvalue weighted by molar-refractivity contribution is -0.158. The highest BCUT2D eigenvalue weighted by molar-refractivity contribution is 5.99.